The van der Waals surface area contributed by atoms with Crippen LogP contribution in [0.4, 0.5) is 5.69 Å². The molecule has 0 bridgehead atoms. The number of methoxy groups -OCH3 is 1. The number of carbonyl (C=O) groups excluding carboxylic acids is 1. The third kappa shape index (κ3) is 2.70. The van der Waals surface area contributed by atoms with Gasteiger partial charge in [-0.2, -0.15) is 0 Å². The standard InChI is InChI=1S/C16H23N3O2/c1-17-7-9-19(10-8-17)15-3-4-16(21-2)13-5-6-18(12-20)11-14(13)15/h3-4,12H,5-11H2,1-2H3. The Hall–Kier alpha value is -1.75. The Kier molecular flexibility index (Phi) is 4.01. The van der Waals surface area contributed by atoms with E-state index < -0.39 is 0 Å². The summed E-state index contributed by atoms with van der Waals surface area (Å²) in [7, 11) is 3.88. The van der Waals surface area contributed by atoms with E-state index in [1.54, 1.807) is 7.11 Å². The number of nitrogens with zero attached hydrogens (tertiary/aromatic N) is 3. The molecule has 1 aromatic rings. The number of anilines is 1. The van der Waals surface area contributed by atoms with Gasteiger partial charge in [0, 0.05) is 56.1 Å². The minimum Gasteiger partial charge on any atom is -0.496 e. The van der Waals surface area contributed by atoms with Crippen molar-refractivity contribution in [2.24, 2.45) is 0 Å². The second-order valence-electron chi connectivity index (χ2n) is 5.86. The van der Waals surface area contributed by atoms with Crippen LogP contribution in [0.15, 0.2) is 12.1 Å². The SMILES string of the molecule is COc1ccc(N2CCN(C)CC2)c2c1CCN(C=O)C2. The van der Waals surface area contributed by atoms with Crippen LogP contribution >= 0.6 is 0 Å². The molecule has 1 saturated heterocycles. The van der Waals surface area contributed by atoms with Crippen molar-refractivity contribution in [1.82, 2.24) is 9.80 Å². The van der Waals surface area contributed by atoms with E-state index in [2.05, 4.69) is 29.0 Å². The zero-order valence-corrected chi connectivity index (χ0v) is 12.8. The van der Waals surface area contributed by atoms with Crippen molar-refractivity contribution in [3.05, 3.63) is 23.3 Å². The first kappa shape index (κ1) is 14.2. The van der Waals surface area contributed by atoms with Crippen LogP contribution in [0, 0.1) is 0 Å². The minimum atomic E-state index is 0.692. The molecule has 0 atom stereocenters. The summed E-state index contributed by atoms with van der Waals surface area (Å²) in [4.78, 5) is 17.8. The summed E-state index contributed by atoms with van der Waals surface area (Å²) in [6.07, 6.45) is 1.83. The number of hydrogen-bond acceptors (Lipinski definition) is 4. The van der Waals surface area contributed by atoms with Gasteiger partial charge in [0.25, 0.3) is 0 Å². The predicted octanol–water partition coefficient (Wildman–Crippen LogP) is 0.962. The van der Waals surface area contributed by atoms with Crippen molar-refractivity contribution in [2.75, 3.05) is 51.8 Å². The van der Waals surface area contributed by atoms with E-state index in [9.17, 15) is 4.79 Å². The smallest absolute Gasteiger partial charge is 0.210 e. The number of likely N-dealkylation sites (N-methyl/N-ethyl adjacent to an activating group) is 1. The third-order valence-corrected chi connectivity index (χ3v) is 4.59. The van der Waals surface area contributed by atoms with E-state index in [0.29, 0.717) is 6.54 Å². The molecule has 0 unspecified atom stereocenters. The highest BCUT2D eigenvalue weighted by Crippen LogP contribution is 2.35. The van der Waals surface area contributed by atoms with Crippen molar-refractivity contribution in [3.8, 4) is 5.75 Å². The van der Waals surface area contributed by atoms with Crippen LogP contribution in [0.2, 0.25) is 0 Å². The first-order valence-corrected chi connectivity index (χ1v) is 7.54. The number of piperazine rings is 1. The number of hydrogen-bond donors (Lipinski definition) is 0. The average Bonchev–Trinajstić information content (AvgIpc) is 2.54. The summed E-state index contributed by atoms with van der Waals surface area (Å²) in [5.41, 5.74) is 3.80. The Bertz CT molecular complexity index is 524. The Labute approximate surface area is 126 Å². The van der Waals surface area contributed by atoms with E-state index in [0.717, 1.165) is 51.3 Å². The maximum Gasteiger partial charge on any atom is 0.210 e. The maximum atomic E-state index is 11.1. The first-order valence-electron chi connectivity index (χ1n) is 7.54. The molecule has 0 aliphatic carbocycles. The van der Waals surface area contributed by atoms with Gasteiger partial charge in [-0.3, -0.25) is 4.79 Å². The highest BCUT2D eigenvalue weighted by atomic mass is 16.5. The lowest BCUT2D eigenvalue weighted by atomic mass is 9.96. The molecule has 1 amide bonds. The van der Waals surface area contributed by atoms with E-state index in [-0.39, 0.29) is 0 Å². The molecule has 114 valence electrons. The molecule has 0 aromatic heterocycles. The molecule has 0 saturated carbocycles. The highest BCUT2D eigenvalue weighted by Gasteiger charge is 2.25. The molecular weight excluding hydrogens is 266 g/mol. The number of carbonyl (C=O) groups is 1. The second-order valence-corrected chi connectivity index (χ2v) is 5.86. The van der Waals surface area contributed by atoms with Crippen LogP contribution in [0.25, 0.3) is 0 Å². The fourth-order valence-corrected chi connectivity index (χ4v) is 3.27. The molecule has 2 aliphatic heterocycles. The summed E-state index contributed by atoms with van der Waals surface area (Å²) in [6.45, 7) is 5.71. The summed E-state index contributed by atoms with van der Waals surface area (Å²) in [6, 6.07) is 4.22. The van der Waals surface area contributed by atoms with Gasteiger partial charge < -0.3 is 19.4 Å². The molecule has 2 aliphatic rings. The van der Waals surface area contributed by atoms with E-state index in [1.165, 1.54) is 16.8 Å². The van der Waals surface area contributed by atoms with E-state index >= 15 is 0 Å². The maximum absolute atomic E-state index is 11.1. The minimum absolute atomic E-state index is 0.692. The van der Waals surface area contributed by atoms with Crippen LogP contribution in [0.1, 0.15) is 11.1 Å². The van der Waals surface area contributed by atoms with Gasteiger partial charge in [-0.05, 0) is 25.6 Å². The van der Waals surface area contributed by atoms with Gasteiger partial charge in [0.15, 0.2) is 0 Å². The average molecular weight is 289 g/mol. The molecular formula is C16H23N3O2. The molecule has 21 heavy (non-hydrogen) atoms. The van der Waals surface area contributed by atoms with Crippen molar-refractivity contribution in [2.45, 2.75) is 13.0 Å². The Morgan fingerprint density at radius 1 is 1.10 bits per heavy atom. The number of rotatable bonds is 3. The van der Waals surface area contributed by atoms with Crippen LogP contribution in [-0.4, -0.2) is 63.1 Å². The van der Waals surface area contributed by atoms with E-state index in [1.807, 2.05) is 4.90 Å². The fourth-order valence-electron chi connectivity index (χ4n) is 3.27. The fraction of sp³-hybridized carbons (Fsp3) is 0.562. The topological polar surface area (TPSA) is 36.0 Å². The van der Waals surface area contributed by atoms with Gasteiger partial charge >= 0.3 is 0 Å². The second kappa shape index (κ2) is 5.93. The molecule has 3 rings (SSSR count). The van der Waals surface area contributed by atoms with Gasteiger partial charge in [-0.25, -0.2) is 0 Å². The van der Waals surface area contributed by atoms with Gasteiger partial charge in [-0.15, -0.1) is 0 Å². The lowest BCUT2D eigenvalue weighted by Crippen LogP contribution is -2.45. The number of amides is 1. The van der Waals surface area contributed by atoms with Crippen molar-refractivity contribution in [3.63, 3.8) is 0 Å². The molecule has 5 heteroatoms. The summed E-state index contributed by atoms with van der Waals surface area (Å²) in [5, 5.41) is 0. The monoisotopic (exact) mass is 289 g/mol. The van der Waals surface area contributed by atoms with Crippen LogP contribution < -0.4 is 9.64 Å². The summed E-state index contributed by atoms with van der Waals surface area (Å²) in [5.74, 6) is 0.952. The highest BCUT2D eigenvalue weighted by molar-refractivity contribution is 5.63. The quantitative estimate of drug-likeness (QED) is 0.777. The number of benzene rings is 1. The van der Waals surface area contributed by atoms with Crippen molar-refractivity contribution >= 4 is 12.1 Å². The zero-order chi connectivity index (χ0) is 14.8. The molecule has 0 spiro atoms. The van der Waals surface area contributed by atoms with E-state index in [4.69, 9.17) is 4.74 Å². The molecule has 2 heterocycles. The van der Waals surface area contributed by atoms with Crippen LogP contribution in [-0.2, 0) is 17.8 Å². The molecule has 0 radical (unpaired) electrons. The van der Waals surface area contributed by atoms with Crippen LogP contribution in [0.5, 0.6) is 5.75 Å². The molecule has 1 fully saturated rings. The molecule has 5 nitrogen and oxygen atoms in total. The predicted molar refractivity (Wildman–Crippen MR) is 82.9 cm³/mol. The largest absolute Gasteiger partial charge is 0.496 e. The van der Waals surface area contributed by atoms with Gasteiger partial charge in [0.1, 0.15) is 5.75 Å². The summed E-state index contributed by atoms with van der Waals surface area (Å²) < 4.78 is 5.51. The molecule has 0 N–H and O–H groups in total. The zero-order valence-electron chi connectivity index (χ0n) is 12.8. The molecule has 1 aromatic carbocycles. The van der Waals surface area contributed by atoms with Gasteiger partial charge in [0.2, 0.25) is 6.41 Å². The lowest BCUT2D eigenvalue weighted by Gasteiger charge is -2.37. The first-order chi connectivity index (χ1) is 10.2. The van der Waals surface area contributed by atoms with Gasteiger partial charge in [-0.1, -0.05) is 0 Å². The van der Waals surface area contributed by atoms with Gasteiger partial charge in [0.05, 0.1) is 7.11 Å². The van der Waals surface area contributed by atoms with Crippen LogP contribution in [0.3, 0.4) is 0 Å². The Morgan fingerprint density at radius 3 is 2.52 bits per heavy atom. The van der Waals surface area contributed by atoms with Crippen molar-refractivity contribution < 1.29 is 9.53 Å². The number of ether oxygens (including phenoxy) is 1. The Morgan fingerprint density at radius 2 is 1.86 bits per heavy atom. The normalized spacial score (nSPS) is 19.3. The van der Waals surface area contributed by atoms with Crippen molar-refractivity contribution in [1.29, 1.82) is 0 Å². The lowest BCUT2D eigenvalue weighted by molar-refractivity contribution is -0.118. The number of fused-ring (bicyclic) bond motifs is 1. The summed E-state index contributed by atoms with van der Waals surface area (Å²) >= 11 is 0. The Balaban J connectivity index is 1.95. The third-order valence-electron chi connectivity index (χ3n) is 4.59.